The summed E-state index contributed by atoms with van der Waals surface area (Å²) in [7, 11) is 0. The third kappa shape index (κ3) is 4.35. The van der Waals surface area contributed by atoms with E-state index in [0.717, 1.165) is 25.1 Å². The smallest absolute Gasteiger partial charge is 0.234 e. The highest BCUT2D eigenvalue weighted by atomic mass is 35.5. The molecular weight excluding hydrogens is 321 g/mol. The molecule has 2 atom stereocenters. The number of rotatable bonds is 5. The Labute approximate surface area is 141 Å². The van der Waals surface area contributed by atoms with Gasteiger partial charge in [-0.25, -0.2) is 0 Å². The Balaban J connectivity index is 1.88. The van der Waals surface area contributed by atoms with E-state index in [4.69, 9.17) is 28.9 Å². The quantitative estimate of drug-likeness (QED) is 0.864. The van der Waals surface area contributed by atoms with Crippen molar-refractivity contribution in [1.82, 2.24) is 10.2 Å². The summed E-state index contributed by atoms with van der Waals surface area (Å²) in [6.07, 6.45) is 1.04. The van der Waals surface area contributed by atoms with Crippen molar-refractivity contribution >= 4 is 29.1 Å². The molecule has 4 nitrogen and oxygen atoms in total. The first-order valence-electron chi connectivity index (χ1n) is 7.50. The van der Waals surface area contributed by atoms with Gasteiger partial charge in [-0.2, -0.15) is 0 Å². The second kappa shape index (κ2) is 7.18. The Hall–Kier alpha value is -0.810. The molecule has 2 rings (SSSR count). The number of nitrogens with two attached hydrogens (primary N) is 1. The Kier molecular flexibility index (Phi) is 5.72. The van der Waals surface area contributed by atoms with Crippen molar-refractivity contribution < 1.29 is 4.79 Å². The maximum absolute atomic E-state index is 12.2. The molecule has 1 aliphatic heterocycles. The minimum Gasteiger partial charge on any atom is -0.348 e. The number of hydrogen-bond acceptors (Lipinski definition) is 3. The standard InChI is InChI=1S/C16H23Cl2N3O/c1-11(12-3-4-13(17)14(18)7-12)20-15(22)8-21-6-5-16(2,9-19)10-21/h3-4,7,11H,5-6,8-10,19H2,1-2H3,(H,20,22). The highest BCUT2D eigenvalue weighted by Crippen LogP contribution is 2.28. The molecule has 2 unspecified atom stereocenters. The Morgan fingerprint density at radius 3 is 2.77 bits per heavy atom. The monoisotopic (exact) mass is 343 g/mol. The van der Waals surface area contributed by atoms with E-state index in [1.54, 1.807) is 12.1 Å². The molecule has 0 saturated carbocycles. The van der Waals surface area contributed by atoms with E-state index in [-0.39, 0.29) is 17.4 Å². The van der Waals surface area contributed by atoms with Crippen LogP contribution in [0.25, 0.3) is 0 Å². The third-order valence-electron chi connectivity index (χ3n) is 4.32. The van der Waals surface area contributed by atoms with Gasteiger partial charge in [-0.1, -0.05) is 36.2 Å². The zero-order valence-corrected chi connectivity index (χ0v) is 14.5. The average molecular weight is 344 g/mol. The van der Waals surface area contributed by atoms with Crippen LogP contribution in [-0.2, 0) is 4.79 Å². The van der Waals surface area contributed by atoms with Gasteiger partial charge in [0.1, 0.15) is 0 Å². The van der Waals surface area contributed by atoms with Crippen molar-refractivity contribution in [2.75, 3.05) is 26.2 Å². The summed E-state index contributed by atoms with van der Waals surface area (Å²) in [6.45, 7) is 6.96. The van der Waals surface area contributed by atoms with Gasteiger partial charge in [-0.15, -0.1) is 0 Å². The van der Waals surface area contributed by atoms with Gasteiger partial charge >= 0.3 is 0 Å². The molecule has 1 fully saturated rings. The summed E-state index contributed by atoms with van der Waals surface area (Å²) >= 11 is 11.9. The van der Waals surface area contributed by atoms with E-state index in [9.17, 15) is 4.79 Å². The molecule has 0 aromatic heterocycles. The fourth-order valence-electron chi connectivity index (χ4n) is 2.78. The van der Waals surface area contributed by atoms with Crippen LogP contribution in [-0.4, -0.2) is 37.0 Å². The van der Waals surface area contributed by atoms with E-state index in [0.29, 0.717) is 23.1 Å². The highest BCUT2D eigenvalue weighted by Gasteiger charge is 2.33. The highest BCUT2D eigenvalue weighted by molar-refractivity contribution is 6.42. The van der Waals surface area contributed by atoms with Gasteiger partial charge in [-0.05, 0) is 49.5 Å². The van der Waals surface area contributed by atoms with E-state index in [2.05, 4.69) is 17.1 Å². The van der Waals surface area contributed by atoms with Crippen molar-refractivity contribution in [3.8, 4) is 0 Å². The Morgan fingerprint density at radius 1 is 1.45 bits per heavy atom. The number of carbonyl (C=O) groups excluding carboxylic acids is 1. The molecule has 1 heterocycles. The Bertz CT molecular complexity index is 552. The van der Waals surface area contributed by atoms with Crippen LogP contribution in [0.2, 0.25) is 10.0 Å². The van der Waals surface area contributed by atoms with Crippen molar-refractivity contribution in [2.45, 2.75) is 26.3 Å². The first-order chi connectivity index (χ1) is 10.3. The number of amides is 1. The second-order valence-electron chi connectivity index (χ2n) is 6.44. The molecule has 122 valence electrons. The van der Waals surface area contributed by atoms with E-state index in [1.807, 2.05) is 13.0 Å². The molecule has 0 aliphatic carbocycles. The first kappa shape index (κ1) is 17.5. The molecule has 0 radical (unpaired) electrons. The number of hydrogen-bond donors (Lipinski definition) is 2. The van der Waals surface area contributed by atoms with E-state index in [1.165, 1.54) is 0 Å². The molecule has 22 heavy (non-hydrogen) atoms. The van der Waals surface area contributed by atoms with Crippen LogP contribution in [0.15, 0.2) is 18.2 Å². The predicted molar refractivity (Wildman–Crippen MR) is 91.2 cm³/mol. The zero-order valence-electron chi connectivity index (χ0n) is 13.0. The number of benzene rings is 1. The lowest BCUT2D eigenvalue weighted by Crippen LogP contribution is -2.39. The van der Waals surface area contributed by atoms with Crippen LogP contribution in [0, 0.1) is 5.41 Å². The summed E-state index contributed by atoms with van der Waals surface area (Å²) in [5, 5.41) is 4.02. The molecule has 6 heteroatoms. The topological polar surface area (TPSA) is 58.4 Å². The van der Waals surface area contributed by atoms with Gasteiger partial charge in [0.15, 0.2) is 0 Å². The average Bonchev–Trinajstić information content (AvgIpc) is 2.83. The lowest BCUT2D eigenvalue weighted by Gasteiger charge is -2.23. The predicted octanol–water partition coefficient (Wildman–Crippen LogP) is 2.84. The van der Waals surface area contributed by atoms with Crippen LogP contribution in [0.5, 0.6) is 0 Å². The normalized spacial score (nSPS) is 23.5. The van der Waals surface area contributed by atoms with Crippen molar-refractivity contribution in [2.24, 2.45) is 11.1 Å². The third-order valence-corrected chi connectivity index (χ3v) is 5.06. The van der Waals surface area contributed by atoms with Gasteiger partial charge < -0.3 is 11.1 Å². The summed E-state index contributed by atoms with van der Waals surface area (Å²) in [4.78, 5) is 14.3. The molecular formula is C16H23Cl2N3O. The van der Waals surface area contributed by atoms with Crippen LogP contribution < -0.4 is 11.1 Å². The lowest BCUT2D eigenvalue weighted by molar-refractivity contribution is -0.122. The fraction of sp³-hybridized carbons (Fsp3) is 0.562. The Morgan fingerprint density at radius 2 is 2.18 bits per heavy atom. The lowest BCUT2D eigenvalue weighted by atomic mass is 9.90. The fourth-order valence-corrected chi connectivity index (χ4v) is 3.09. The SMILES string of the molecule is CC(NC(=O)CN1CCC(C)(CN)C1)c1ccc(Cl)c(Cl)c1. The molecule has 1 aliphatic rings. The first-order valence-corrected chi connectivity index (χ1v) is 8.25. The van der Waals surface area contributed by atoms with Crippen molar-refractivity contribution in [1.29, 1.82) is 0 Å². The molecule has 1 amide bonds. The number of likely N-dealkylation sites (tertiary alicyclic amines) is 1. The number of halogens is 2. The van der Waals surface area contributed by atoms with Crippen LogP contribution in [0.1, 0.15) is 31.9 Å². The zero-order chi connectivity index (χ0) is 16.3. The van der Waals surface area contributed by atoms with Crippen LogP contribution in [0.4, 0.5) is 0 Å². The van der Waals surface area contributed by atoms with Gasteiger partial charge in [0, 0.05) is 6.54 Å². The van der Waals surface area contributed by atoms with Crippen LogP contribution >= 0.6 is 23.2 Å². The number of nitrogens with one attached hydrogen (secondary N) is 1. The molecule has 0 spiro atoms. The number of carbonyl (C=O) groups is 1. The minimum absolute atomic E-state index is 0.0137. The van der Waals surface area contributed by atoms with Gasteiger partial charge in [0.2, 0.25) is 5.91 Å². The van der Waals surface area contributed by atoms with Crippen molar-refractivity contribution in [3.63, 3.8) is 0 Å². The van der Waals surface area contributed by atoms with Gasteiger partial charge in [-0.3, -0.25) is 9.69 Å². The van der Waals surface area contributed by atoms with Gasteiger partial charge in [0.25, 0.3) is 0 Å². The summed E-state index contributed by atoms with van der Waals surface area (Å²) < 4.78 is 0. The summed E-state index contributed by atoms with van der Waals surface area (Å²) in [5.41, 5.74) is 6.87. The second-order valence-corrected chi connectivity index (χ2v) is 7.25. The maximum Gasteiger partial charge on any atom is 0.234 e. The van der Waals surface area contributed by atoms with E-state index >= 15 is 0 Å². The van der Waals surface area contributed by atoms with E-state index < -0.39 is 0 Å². The van der Waals surface area contributed by atoms with Crippen molar-refractivity contribution in [3.05, 3.63) is 33.8 Å². The van der Waals surface area contributed by atoms with Gasteiger partial charge in [0.05, 0.1) is 22.6 Å². The van der Waals surface area contributed by atoms with Crippen LogP contribution in [0.3, 0.4) is 0 Å². The maximum atomic E-state index is 12.2. The molecule has 0 bridgehead atoms. The molecule has 1 aromatic rings. The molecule has 1 saturated heterocycles. The largest absolute Gasteiger partial charge is 0.348 e. The molecule has 3 N–H and O–H groups in total. The summed E-state index contributed by atoms with van der Waals surface area (Å²) in [5.74, 6) is 0.0137. The minimum atomic E-state index is -0.106. The molecule has 1 aromatic carbocycles. The summed E-state index contributed by atoms with van der Waals surface area (Å²) in [6, 6.07) is 5.30. The number of nitrogens with zero attached hydrogens (tertiary/aromatic N) is 1.